The number of benzene rings is 2. The van der Waals surface area contributed by atoms with E-state index in [2.05, 4.69) is 27.2 Å². The standard InChI is InChI=1S/C35H40ClF6N9O3/c1-33(2,3)18-35(22-11-8-19(9-12-22)21-15-46-49(16-21)30(41)42)29(52)50(31(43)47-35)25(17-54-32(53)48-34(4,5)28(39)40)20-10-13-23(36)24(14-20)51(45-7)27(44-6)26(37)38/h8-16,25-26,28,30H,7,17-18H2,1-6H3,(H2,43,47)(H,48,53)/t25-,35-/m1/s1. The lowest BCUT2D eigenvalue weighted by atomic mass is 9.75. The molecular weight excluding hydrogens is 744 g/mol. The van der Waals surface area contributed by atoms with Crippen molar-refractivity contribution in [1.82, 2.24) is 20.0 Å². The minimum atomic E-state index is -3.10. The van der Waals surface area contributed by atoms with Gasteiger partial charge in [0.15, 0.2) is 17.3 Å². The lowest BCUT2D eigenvalue weighted by molar-refractivity contribution is -0.135. The number of alkyl carbamates (subject to hydrolysis) is 1. The Morgan fingerprint density at radius 2 is 1.72 bits per heavy atom. The molecule has 3 aromatic rings. The van der Waals surface area contributed by atoms with Crippen molar-refractivity contribution in [3.63, 3.8) is 0 Å². The number of hydrazone groups is 1. The van der Waals surface area contributed by atoms with Crippen LogP contribution in [0.2, 0.25) is 5.02 Å². The number of hydrogen-bond acceptors (Lipinski definition) is 8. The molecule has 2 amide bonds. The van der Waals surface area contributed by atoms with Crippen LogP contribution in [0.5, 0.6) is 0 Å². The number of carbonyl (C=O) groups excluding carboxylic acids is 2. The fraction of sp³-hybridized carbons (Fsp3) is 0.429. The van der Waals surface area contributed by atoms with Crippen molar-refractivity contribution < 1.29 is 40.7 Å². The Hall–Kier alpha value is -5.13. The van der Waals surface area contributed by atoms with Gasteiger partial charge in [0.05, 0.1) is 28.5 Å². The zero-order chi connectivity index (χ0) is 40.3. The summed E-state index contributed by atoms with van der Waals surface area (Å²) in [4.78, 5) is 37.1. The van der Waals surface area contributed by atoms with Crippen LogP contribution in [-0.2, 0) is 15.1 Å². The topological polar surface area (TPSA) is 143 Å². The van der Waals surface area contributed by atoms with E-state index >= 15 is 0 Å². The molecule has 0 unspecified atom stereocenters. The zero-order valence-electron chi connectivity index (χ0n) is 30.2. The summed E-state index contributed by atoms with van der Waals surface area (Å²) in [5.41, 5.74) is 3.62. The molecule has 12 nitrogen and oxygen atoms in total. The van der Waals surface area contributed by atoms with Crippen LogP contribution in [-0.4, -0.2) is 77.2 Å². The smallest absolute Gasteiger partial charge is 0.407 e. The molecule has 2 heterocycles. The number of alkyl halides is 6. The molecule has 0 bridgehead atoms. The third kappa shape index (κ3) is 8.80. The zero-order valence-corrected chi connectivity index (χ0v) is 31.0. The molecule has 0 aliphatic carbocycles. The lowest BCUT2D eigenvalue weighted by Crippen LogP contribution is -2.50. The van der Waals surface area contributed by atoms with Crippen LogP contribution in [0.25, 0.3) is 11.1 Å². The van der Waals surface area contributed by atoms with E-state index in [-0.39, 0.29) is 28.7 Å². The van der Waals surface area contributed by atoms with Gasteiger partial charge in [0, 0.05) is 25.5 Å². The first-order valence-electron chi connectivity index (χ1n) is 16.3. The molecule has 0 saturated heterocycles. The molecule has 1 aliphatic heterocycles. The van der Waals surface area contributed by atoms with Crippen LogP contribution >= 0.6 is 11.6 Å². The highest BCUT2D eigenvalue weighted by atomic mass is 35.5. The second kappa shape index (κ2) is 16.1. The van der Waals surface area contributed by atoms with Gasteiger partial charge in [0.2, 0.25) is 0 Å². The van der Waals surface area contributed by atoms with Crippen molar-refractivity contribution in [2.45, 2.75) is 77.6 Å². The third-order valence-corrected chi connectivity index (χ3v) is 8.75. The van der Waals surface area contributed by atoms with Crippen molar-refractivity contribution in [3.05, 3.63) is 71.0 Å². The minimum absolute atomic E-state index is 0.0697. The molecule has 292 valence electrons. The molecule has 54 heavy (non-hydrogen) atoms. The Labute approximate surface area is 312 Å². The van der Waals surface area contributed by atoms with Crippen LogP contribution in [0.15, 0.2) is 69.9 Å². The number of anilines is 1. The summed E-state index contributed by atoms with van der Waals surface area (Å²) in [5, 5.41) is 10.0. The van der Waals surface area contributed by atoms with Crippen molar-refractivity contribution in [1.29, 1.82) is 0 Å². The molecule has 0 radical (unpaired) electrons. The van der Waals surface area contributed by atoms with Gasteiger partial charge < -0.3 is 15.8 Å². The van der Waals surface area contributed by atoms with Gasteiger partial charge in [0.25, 0.3) is 18.8 Å². The summed E-state index contributed by atoms with van der Waals surface area (Å²) in [6, 6.07) is 9.14. The van der Waals surface area contributed by atoms with Crippen molar-refractivity contribution in [2.24, 2.45) is 26.2 Å². The number of guanidine groups is 1. The van der Waals surface area contributed by atoms with E-state index in [4.69, 9.17) is 27.1 Å². The van der Waals surface area contributed by atoms with Gasteiger partial charge >= 0.3 is 12.6 Å². The molecule has 2 atom stereocenters. The first-order chi connectivity index (χ1) is 25.1. The number of nitrogens with two attached hydrogens (primary N) is 1. The van der Waals surface area contributed by atoms with Crippen molar-refractivity contribution in [2.75, 3.05) is 18.7 Å². The van der Waals surface area contributed by atoms with Gasteiger partial charge in [-0.1, -0.05) is 62.7 Å². The summed E-state index contributed by atoms with van der Waals surface area (Å²) in [5.74, 6) is -1.79. The van der Waals surface area contributed by atoms with E-state index < -0.39 is 66.4 Å². The molecule has 1 aliphatic rings. The Morgan fingerprint density at radius 1 is 1.07 bits per heavy atom. The largest absolute Gasteiger partial charge is 0.447 e. The van der Waals surface area contributed by atoms with Gasteiger partial charge in [-0.25, -0.2) is 37.0 Å². The number of halogens is 7. The molecule has 0 fully saturated rings. The summed E-state index contributed by atoms with van der Waals surface area (Å²) in [6.07, 6.45) is -4.77. The van der Waals surface area contributed by atoms with E-state index in [0.29, 0.717) is 26.4 Å². The molecule has 4 rings (SSSR count). The molecule has 0 spiro atoms. The maximum absolute atomic E-state index is 14.9. The van der Waals surface area contributed by atoms with E-state index in [1.165, 1.54) is 30.6 Å². The second-order valence-electron chi connectivity index (χ2n) is 14.1. The van der Waals surface area contributed by atoms with Gasteiger partial charge in [-0.3, -0.25) is 14.7 Å². The number of carbonyl (C=O) groups is 2. The number of ether oxygens (including phenoxy) is 1. The lowest BCUT2D eigenvalue weighted by Gasteiger charge is -2.35. The highest BCUT2D eigenvalue weighted by Gasteiger charge is 2.53. The Morgan fingerprint density at radius 3 is 2.24 bits per heavy atom. The highest BCUT2D eigenvalue weighted by molar-refractivity contribution is 6.34. The number of hydrogen-bond donors (Lipinski definition) is 2. The maximum Gasteiger partial charge on any atom is 0.407 e. The molecule has 3 N–H and O–H groups in total. The molecule has 19 heteroatoms. The van der Waals surface area contributed by atoms with Crippen molar-refractivity contribution >= 4 is 47.8 Å². The van der Waals surface area contributed by atoms with E-state index in [1.807, 2.05) is 20.8 Å². The van der Waals surface area contributed by atoms with Crippen LogP contribution in [0.1, 0.15) is 64.8 Å². The predicted octanol–water partition coefficient (Wildman–Crippen LogP) is 7.61. The first-order valence-corrected chi connectivity index (χ1v) is 16.7. The molecule has 1 aromatic heterocycles. The van der Waals surface area contributed by atoms with E-state index in [9.17, 15) is 35.9 Å². The number of nitrogens with one attached hydrogen (secondary N) is 1. The Bertz CT molecular complexity index is 1910. The van der Waals surface area contributed by atoms with Gasteiger partial charge in [-0.2, -0.15) is 19.0 Å². The monoisotopic (exact) mass is 783 g/mol. The van der Waals surface area contributed by atoms with E-state index in [0.717, 1.165) is 25.8 Å². The summed E-state index contributed by atoms with van der Waals surface area (Å²) in [7, 11) is 1.12. The second-order valence-corrected chi connectivity index (χ2v) is 14.5. The molecule has 2 aromatic carbocycles. The number of amides is 2. The van der Waals surface area contributed by atoms with Crippen LogP contribution in [0.4, 0.5) is 36.8 Å². The number of aliphatic imine (C=N–C) groups is 2. The first kappa shape index (κ1) is 41.6. The Balaban J connectivity index is 1.84. The highest BCUT2D eigenvalue weighted by Crippen LogP contribution is 2.45. The molecule has 0 saturated carbocycles. The van der Waals surface area contributed by atoms with Gasteiger partial charge in [-0.05, 0) is 54.5 Å². The number of rotatable bonds is 13. The summed E-state index contributed by atoms with van der Waals surface area (Å²) in [6.45, 7) is 7.62. The normalized spacial score (nSPS) is 17.3. The van der Waals surface area contributed by atoms with Crippen LogP contribution < -0.4 is 16.1 Å². The summed E-state index contributed by atoms with van der Waals surface area (Å²) >= 11 is 6.43. The maximum atomic E-state index is 14.9. The SMILES string of the molecule is C=NN(C(=NC)C(F)F)c1cc([C@@H](COC(=O)NC(C)(C)C(F)F)N2C(=O)[C@@](CC(C)(C)C)(c3ccc(-c4cnn(C(F)F)c4)cc3)N=C2N)ccc1Cl. The average molecular weight is 784 g/mol. The van der Waals surface area contributed by atoms with Gasteiger partial charge in [-0.15, -0.1) is 0 Å². The van der Waals surface area contributed by atoms with E-state index in [1.54, 1.807) is 24.3 Å². The predicted molar refractivity (Wildman–Crippen MR) is 193 cm³/mol. The minimum Gasteiger partial charge on any atom is -0.447 e. The van der Waals surface area contributed by atoms with Crippen molar-refractivity contribution in [3.8, 4) is 11.1 Å². The van der Waals surface area contributed by atoms with Crippen LogP contribution in [0, 0.1) is 5.41 Å². The third-order valence-electron chi connectivity index (χ3n) is 8.43. The number of amidine groups is 1. The van der Waals surface area contributed by atoms with Crippen LogP contribution in [0.3, 0.4) is 0 Å². The Kier molecular flexibility index (Phi) is 12.4. The fourth-order valence-electron chi connectivity index (χ4n) is 5.89. The quantitative estimate of drug-likeness (QED) is 0.0791. The molecular formula is C35H40ClF6N9O3. The van der Waals surface area contributed by atoms with Gasteiger partial charge in [0.1, 0.15) is 6.61 Å². The summed E-state index contributed by atoms with van der Waals surface area (Å²) < 4.78 is 87.3. The average Bonchev–Trinajstić information content (AvgIpc) is 3.67. The number of aromatic nitrogens is 2. The number of nitrogens with zero attached hydrogens (tertiary/aromatic N) is 7. The fourth-order valence-corrected chi connectivity index (χ4v) is 6.09.